The zero-order valence-corrected chi connectivity index (χ0v) is 14.7. The first kappa shape index (κ1) is 17.2. The summed E-state index contributed by atoms with van der Waals surface area (Å²) < 4.78 is 7.13. The molecule has 3 aromatic rings. The lowest BCUT2D eigenvalue weighted by molar-refractivity contribution is -0.121. The van der Waals surface area contributed by atoms with E-state index in [1.807, 2.05) is 55.9 Å². The topological polar surface area (TPSA) is 80.3 Å². The maximum Gasteiger partial charge on any atom is 0.220 e. The molecule has 1 unspecified atom stereocenters. The van der Waals surface area contributed by atoms with Crippen LogP contribution >= 0.6 is 0 Å². The van der Waals surface area contributed by atoms with E-state index in [-0.39, 0.29) is 12.5 Å². The highest BCUT2D eigenvalue weighted by atomic mass is 16.5. The van der Waals surface area contributed by atoms with Gasteiger partial charge in [0, 0.05) is 37.3 Å². The minimum absolute atomic E-state index is 0.0974. The van der Waals surface area contributed by atoms with Gasteiger partial charge in [-0.3, -0.25) is 4.79 Å². The van der Waals surface area contributed by atoms with E-state index in [1.54, 1.807) is 0 Å². The summed E-state index contributed by atoms with van der Waals surface area (Å²) in [5.41, 5.74) is 3.70. The van der Waals surface area contributed by atoms with Gasteiger partial charge in [-0.05, 0) is 49.4 Å². The van der Waals surface area contributed by atoms with Gasteiger partial charge in [-0.15, -0.1) is 0 Å². The molecule has 0 spiro atoms. The summed E-state index contributed by atoms with van der Waals surface area (Å²) in [4.78, 5) is 12.0. The zero-order chi connectivity index (χ0) is 18.0. The molecule has 0 aliphatic rings. The molecule has 0 saturated carbocycles. The van der Waals surface area contributed by atoms with Crippen molar-refractivity contribution in [1.29, 1.82) is 0 Å². The molecule has 0 aliphatic heterocycles. The van der Waals surface area contributed by atoms with Crippen LogP contribution in [0.4, 0.5) is 0 Å². The van der Waals surface area contributed by atoms with Crippen molar-refractivity contribution in [1.82, 2.24) is 15.0 Å². The average Bonchev–Trinajstić information content (AvgIpc) is 3.13. The van der Waals surface area contributed by atoms with Gasteiger partial charge in [0.15, 0.2) is 0 Å². The number of nitrogens with one attached hydrogen (secondary N) is 1. The fraction of sp³-hybridized carbons (Fsp3) is 0.368. The second kappa shape index (κ2) is 7.11. The number of aromatic nitrogens is 2. The highest BCUT2D eigenvalue weighted by molar-refractivity contribution is 5.81. The number of hydrogen-bond donors (Lipinski definition) is 2. The highest BCUT2D eigenvalue weighted by Gasteiger charge is 2.13. The first-order valence-corrected chi connectivity index (χ1v) is 8.37. The summed E-state index contributed by atoms with van der Waals surface area (Å²) in [5.74, 6) is 0.654. The third-order valence-electron chi connectivity index (χ3n) is 4.57. The van der Waals surface area contributed by atoms with E-state index in [2.05, 4.69) is 10.5 Å². The molecule has 25 heavy (non-hydrogen) atoms. The average molecular weight is 341 g/mol. The fourth-order valence-corrected chi connectivity index (χ4v) is 3.02. The van der Waals surface area contributed by atoms with Gasteiger partial charge in [-0.1, -0.05) is 11.2 Å². The van der Waals surface area contributed by atoms with Crippen LogP contribution in [0.5, 0.6) is 0 Å². The molecule has 3 rings (SSSR count). The van der Waals surface area contributed by atoms with Gasteiger partial charge in [0.25, 0.3) is 0 Å². The summed E-state index contributed by atoms with van der Waals surface area (Å²) in [7, 11) is 1.98. The third-order valence-corrected chi connectivity index (χ3v) is 4.57. The number of carbonyl (C=O) groups is 1. The molecule has 0 fully saturated rings. The van der Waals surface area contributed by atoms with E-state index in [9.17, 15) is 9.90 Å². The second-order valence-electron chi connectivity index (χ2n) is 6.37. The molecule has 0 bridgehead atoms. The van der Waals surface area contributed by atoms with Crippen LogP contribution in [0.15, 0.2) is 35.0 Å². The minimum Gasteiger partial charge on any atom is -0.387 e. The predicted octanol–water partition coefficient (Wildman–Crippen LogP) is 2.57. The van der Waals surface area contributed by atoms with Crippen LogP contribution in [0, 0.1) is 13.8 Å². The third kappa shape index (κ3) is 3.74. The first-order valence-electron chi connectivity index (χ1n) is 8.37. The van der Waals surface area contributed by atoms with E-state index in [4.69, 9.17) is 4.52 Å². The quantitative estimate of drug-likeness (QED) is 0.722. The van der Waals surface area contributed by atoms with Crippen molar-refractivity contribution in [2.24, 2.45) is 7.05 Å². The van der Waals surface area contributed by atoms with Gasteiger partial charge in [0.05, 0.1) is 11.8 Å². The summed E-state index contributed by atoms with van der Waals surface area (Å²) in [6, 6.07) is 7.83. The van der Waals surface area contributed by atoms with Crippen molar-refractivity contribution < 1.29 is 14.4 Å². The number of fused-ring (bicyclic) bond motifs is 1. The van der Waals surface area contributed by atoms with E-state index >= 15 is 0 Å². The number of nitrogens with zero attached hydrogens (tertiary/aromatic N) is 2. The van der Waals surface area contributed by atoms with Crippen LogP contribution in [0.1, 0.15) is 35.1 Å². The molecule has 6 heteroatoms. The number of rotatable bonds is 6. The molecular formula is C19H23N3O3. The van der Waals surface area contributed by atoms with Crippen LogP contribution < -0.4 is 5.32 Å². The van der Waals surface area contributed by atoms with E-state index < -0.39 is 6.10 Å². The van der Waals surface area contributed by atoms with Crippen molar-refractivity contribution in [3.05, 3.63) is 53.0 Å². The van der Waals surface area contributed by atoms with Gasteiger partial charge in [-0.25, -0.2) is 0 Å². The van der Waals surface area contributed by atoms with Crippen molar-refractivity contribution in [2.45, 2.75) is 32.8 Å². The smallest absolute Gasteiger partial charge is 0.220 e. The Labute approximate surface area is 146 Å². The molecule has 1 atom stereocenters. The number of carbonyl (C=O) groups excluding carboxylic acids is 1. The Morgan fingerprint density at radius 1 is 1.36 bits per heavy atom. The van der Waals surface area contributed by atoms with Gasteiger partial charge in [-0.2, -0.15) is 0 Å². The molecule has 0 radical (unpaired) electrons. The molecule has 0 aliphatic carbocycles. The number of aliphatic hydroxyl groups is 1. The maximum absolute atomic E-state index is 12.0. The Kier molecular flexibility index (Phi) is 4.90. The maximum atomic E-state index is 12.0. The molecule has 6 nitrogen and oxygen atoms in total. The Morgan fingerprint density at radius 3 is 2.88 bits per heavy atom. The summed E-state index contributed by atoms with van der Waals surface area (Å²) in [6.07, 6.45) is 2.18. The molecule has 2 N–H and O–H groups in total. The minimum atomic E-state index is -0.729. The number of benzene rings is 1. The van der Waals surface area contributed by atoms with Crippen LogP contribution in [0.3, 0.4) is 0 Å². The lowest BCUT2D eigenvalue weighted by atomic mass is 10.1. The number of amides is 1. The summed E-state index contributed by atoms with van der Waals surface area (Å²) in [5, 5.41) is 18.1. The lowest BCUT2D eigenvalue weighted by Gasteiger charge is -2.13. The Hall–Kier alpha value is -2.60. The van der Waals surface area contributed by atoms with Gasteiger partial charge in [0.2, 0.25) is 5.91 Å². The Morgan fingerprint density at radius 2 is 2.16 bits per heavy atom. The molecule has 2 aromatic heterocycles. The summed E-state index contributed by atoms with van der Waals surface area (Å²) >= 11 is 0. The highest BCUT2D eigenvalue weighted by Crippen LogP contribution is 2.21. The first-order chi connectivity index (χ1) is 12.0. The second-order valence-corrected chi connectivity index (χ2v) is 6.37. The fourth-order valence-electron chi connectivity index (χ4n) is 3.02. The van der Waals surface area contributed by atoms with Crippen LogP contribution in [0.25, 0.3) is 10.9 Å². The van der Waals surface area contributed by atoms with E-state index in [1.165, 1.54) is 0 Å². The standard InChI is InChI=1S/C19H23N3O3/c1-12-16(13(2)25-21-12)5-7-19(24)20-11-18(23)15-4-6-17-14(10-15)8-9-22(17)3/h4,6,8-10,18,23H,5,7,11H2,1-3H3,(H,20,24). The van der Waals surface area contributed by atoms with Crippen molar-refractivity contribution in [3.63, 3.8) is 0 Å². The molecular weight excluding hydrogens is 318 g/mol. The van der Waals surface area contributed by atoms with Crippen LogP contribution in [-0.4, -0.2) is 27.3 Å². The van der Waals surface area contributed by atoms with Gasteiger partial charge in [0.1, 0.15) is 5.76 Å². The number of hydrogen-bond acceptors (Lipinski definition) is 4. The van der Waals surface area contributed by atoms with Crippen molar-refractivity contribution >= 4 is 16.8 Å². The Bertz CT molecular complexity index is 875. The van der Waals surface area contributed by atoms with E-state index in [0.29, 0.717) is 12.8 Å². The largest absolute Gasteiger partial charge is 0.387 e. The molecule has 1 aromatic carbocycles. The van der Waals surface area contributed by atoms with Crippen LogP contribution in [-0.2, 0) is 18.3 Å². The zero-order valence-electron chi connectivity index (χ0n) is 14.7. The number of aryl methyl sites for hydroxylation is 3. The number of aliphatic hydroxyl groups excluding tert-OH is 1. The van der Waals surface area contributed by atoms with Gasteiger partial charge >= 0.3 is 0 Å². The lowest BCUT2D eigenvalue weighted by Crippen LogP contribution is -2.28. The Balaban J connectivity index is 1.54. The van der Waals surface area contributed by atoms with Crippen molar-refractivity contribution in [3.8, 4) is 0 Å². The predicted molar refractivity (Wildman–Crippen MR) is 95.2 cm³/mol. The van der Waals surface area contributed by atoms with Gasteiger partial charge < -0.3 is 19.5 Å². The molecule has 1 amide bonds. The van der Waals surface area contributed by atoms with Crippen LogP contribution in [0.2, 0.25) is 0 Å². The van der Waals surface area contributed by atoms with E-state index in [0.717, 1.165) is 33.5 Å². The SMILES string of the molecule is Cc1noc(C)c1CCC(=O)NCC(O)c1ccc2c(ccn2C)c1. The summed E-state index contributed by atoms with van der Waals surface area (Å²) in [6.45, 7) is 3.91. The molecule has 132 valence electrons. The van der Waals surface area contributed by atoms with Crippen molar-refractivity contribution in [2.75, 3.05) is 6.54 Å². The molecule has 0 saturated heterocycles. The molecule has 2 heterocycles. The normalized spacial score (nSPS) is 12.5. The monoisotopic (exact) mass is 341 g/mol.